The molecule has 0 radical (unpaired) electrons. The summed E-state index contributed by atoms with van der Waals surface area (Å²) in [6.07, 6.45) is 2.02. The highest BCUT2D eigenvalue weighted by molar-refractivity contribution is 5.77. The molecule has 1 aliphatic carbocycles. The first kappa shape index (κ1) is 16.5. The Balaban J connectivity index is 1.48. The van der Waals surface area contributed by atoms with E-state index in [4.69, 9.17) is 9.84 Å². The number of carboxylic acids is 1. The van der Waals surface area contributed by atoms with Crippen molar-refractivity contribution in [3.63, 3.8) is 0 Å². The molecule has 1 aromatic rings. The SMILES string of the molecule is COc1ccc(C2CC(NC(=O)N3CCC(C(=O)O)C3)C2)cc1F. The minimum atomic E-state index is -0.851. The van der Waals surface area contributed by atoms with E-state index in [-0.39, 0.29) is 36.1 Å². The Hall–Kier alpha value is -2.31. The molecule has 7 heteroatoms. The number of methoxy groups -OCH3 is 1. The number of likely N-dealkylation sites (tertiary alicyclic amines) is 1. The summed E-state index contributed by atoms with van der Waals surface area (Å²) < 4.78 is 18.6. The van der Waals surface area contributed by atoms with Gasteiger partial charge in [0.2, 0.25) is 0 Å². The van der Waals surface area contributed by atoms with E-state index < -0.39 is 11.9 Å². The van der Waals surface area contributed by atoms with Gasteiger partial charge in [-0.3, -0.25) is 4.79 Å². The predicted octanol–water partition coefficient (Wildman–Crippen LogP) is 2.20. The summed E-state index contributed by atoms with van der Waals surface area (Å²) in [6, 6.07) is 4.80. The topological polar surface area (TPSA) is 78.9 Å². The number of halogens is 1. The number of urea groups is 1. The van der Waals surface area contributed by atoms with E-state index in [1.807, 2.05) is 6.07 Å². The number of benzene rings is 1. The maximum Gasteiger partial charge on any atom is 0.317 e. The molecule has 3 rings (SSSR count). The predicted molar refractivity (Wildman–Crippen MR) is 84.6 cm³/mol. The van der Waals surface area contributed by atoms with Gasteiger partial charge < -0.3 is 20.1 Å². The Morgan fingerprint density at radius 1 is 1.38 bits per heavy atom. The second-order valence-corrected chi connectivity index (χ2v) is 6.48. The fraction of sp³-hybridized carbons (Fsp3) is 0.529. The van der Waals surface area contributed by atoms with Crippen LogP contribution in [0.1, 0.15) is 30.7 Å². The van der Waals surface area contributed by atoms with E-state index >= 15 is 0 Å². The van der Waals surface area contributed by atoms with Crippen LogP contribution in [0, 0.1) is 11.7 Å². The molecule has 130 valence electrons. The number of nitrogens with one attached hydrogen (secondary N) is 1. The molecule has 2 fully saturated rings. The summed E-state index contributed by atoms with van der Waals surface area (Å²) in [7, 11) is 1.43. The van der Waals surface area contributed by atoms with Gasteiger partial charge in [0.25, 0.3) is 0 Å². The lowest BCUT2D eigenvalue weighted by molar-refractivity contribution is -0.141. The Morgan fingerprint density at radius 2 is 2.12 bits per heavy atom. The molecule has 0 bridgehead atoms. The maximum atomic E-state index is 13.7. The lowest BCUT2D eigenvalue weighted by Gasteiger charge is -2.37. The number of rotatable bonds is 4. The van der Waals surface area contributed by atoms with Gasteiger partial charge in [0, 0.05) is 19.1 Å². The first-order valence-corrected chi connectivity index (χ1v) is 8.09. The van der Waals surface area contributed by atoms with Crippen LogP contribution in [0.25, 0.3) is 0 Å². The zero-order valence-corrected chi connectivity index (χ0v) is 13.5. The third-order valence-electron chi connectivity index (χ3n) is 4.94. The molecule has 1 atom stereocenters. The number of hydrogen-bond acceptors (Lipinski definition) is 3. The van der Waals surface area contributed by atoms with Crippen LogP contribution >= 0.6 is 0 Å². The zero-order valence-electron chi connectivity index (χ0n) is 13.5. The molecular formula is C17H21FN2O4. The van der Waals surface area contributed by atoms with Gasteiger partial charge in [0.05, 0.1) is 13.0 Å². The van der Waals surface area contributed by atoms with E-state index in [0.717, 1.165) is 18.4 Å². The smallest absolute Gasteiger partial charge is 0.317 e. The van der Waals surface area contributed by atoms with Gasteiger partial charge in [-0.2, -0.15) is 0 Å². The van der Waals surface area contributed by atoms with Crippen molar-refractivity contribution in [1.82, 2.24) is 10.2 Å². The van der Waals surface area contributed by atoms with E-state index in [1.54, 1.807) is 11.0 Å². The summed E-state index contributed by atoms with van der Waals surface area (Å²) in [5.74, 6) is -1.24. The van der Waals surface area contributed by atoms with Crippen LogP contribution in [0.2, 0.25) is 0 Å². The average Bonchev–Trinajstić information content (AvgIpc) is 3.00. The normalized spacial score (nSPS) is 25.9. The lowest BCUT2D eigenvalue weighted by Crippen LogP contribution is -2.48. The van der Waals surface area contributed by atoms with Crippen LogP contribution in [0.4, 0.5) is 9.18 Å². The van der Waals surface area contributed by atoms with E-state index in [1.165, 1.54) is 13.2 Å². The second-order valence-electron chi connectivity index (χ2n) is 6.48. The largest absolute Gasteiger partial charge is 0.494 e. The number of nitrogens with zero attached hydrogens (tertiary/aromatic N) is 1. The number of aliphatic carboxylic acids is 1. The minimum absolute atomic E-state index is 0.0524. The molecule has 2 amide bonds. The fourth-order valence-electron chi connectivity index (χ4n) is 3.36. The molecule has 1 aromatic carbocycles. The van der Waals surface area contributed by atoms with Gasteiger partial charge in [0.1, 0.15) is 0 Å². The van der Waals surface area contributed by atoms with Crippen molar-refractivity contribution in [1.29, 1.82) is 0 Å². The highest BCUT2D eigenvalue weighted by Gasteiger charge is 2.35. The standard InChI is InChI=1S/C17H21FN2O4/c1-24-15-3-2-10(8-14(15)18)12-6-13(7-12)19-17(23)20-5-4-11(9-20)16(21)22/h2-3,8,11-13H,4-7,9H2,1H3,(H,19,23)(H,21,22). The summed E-state index contributed by atoms with van der Waals surface area (Å²) in [4.78, 5) is 24.6. The first-order chi connectivity index (χ1) is 11.5. The van der Waals surface area contributed by atoms with Crippen molar-refractivity contribution in [2.45, 2.75) is 31.2 Å². The first-order valence-electron chi connectivity index (χ1n) is 8.09. The number of carbonyl (C=O) groups is 2. The molecule has 2 N–H and O–H groups in total. The van der Waals surface area contributed by atoms with Crippen LogP contribution in [0.15, 0.2) is 18.2 Å². The van der Waals surface area contributed by atoms with Crippen LogP contribution < -0.4 is 10.1 Å². The zero-order chi connectivity index (χ0) is 17.3. The Kier molecular flexibility index (Phi) is 4.59. The van der Waals surface area contributed by atoms with Crippen LogP contribution in [0.3, 0.4) is 0 Å². The molecule has 0 spiro atoms. The Bertz CT molecular complexity index is 645. The summed E-state index contributed by atoms with van der Waals surface area (Å²) >= 11 is 0. The molecule has 1 heterocycles. The van der Waals surface area contributed by atoms with Crippen LogP contribution in [-0.2, 0) is 4.79 Å². The van der Waals surface area contributed by atoms with Gasteiger partial charge >= 0.3 is 12.0 Å². The van der Waals surface area contributed by atoms with Crippen molar-refractivity contribution < 1.29 is 23.8 Å². The van der Waals surface area contributed by atoms with Gasteiger partial charge in [-0.25, -0.2) is 9.18 Å². The van der Waals surface area contributed by atoms with Crippen molar-refractivity contribution in [3.8, 4) is 5.75 Å². The molecule has 2 aliphatic rings. The summed E-state index contributed by atoms with van der Waals surface area (Å²) in [5.41, 5.74) is 0.908. The van der Waals surface area contributed by atoms with Gasteiger partial charge in [-0.1, -0.05) is 6.07 Å². The van der Waals surface area contributed by atoms with Gasteiger partial charge in [-0.05, 0) is 42.9 Å². The number of ether oxygens (including phenoxy) is 1. The third-order valence-corrected chi connectivity index (χ3v) is 4.94. The second kappa shape index (κ2) is 6.67. The van der Waals surface area contributed by atoms with Crippen molar-refractivity contribution in [2.24, 2.45) is 5.92 Å². The number of carboxylic acid groups (broad SMARTS) is 1. The van der Waals surface area contributed by atoms with Crippen LogP contribution in [0.5, 0.6) is 5.75 Å². The molecule has 6 nitrogen and oxygen atoms in total. The molecule has 1 saturated heterocycles. The number of carbonyl (C=O) groups excluding carboxylic acids is 1. The molecule has 0 aromatic heterocycles. The lowest BCUT2D eigenvalue weighted by atomic mass is 9.76. The molecular weight excluding hydrogens is 315 g/mol. The fourth-order valence-corrected chi connectivity index (χ4v) is 3.36. The number of hydrogen-bond donors (Lipinski definition) is 2. The maximum absolute atomic E-state index is 13.7. The van der Waals surface area contributed by atoms with Crippen molar-refractivity contribution in [3.05, 3.63) is 29.6 Å². The third kappa shape index (κ3) is 3.29. The molecule has 24 heavy (non-hydrogen) atoms. The monoisotopic (exact) mass is 336 g/mol. The molecule has 1 saturated carbocycles. The van der Waals surface area contributed by atoms with E-state index in [9.17, 15) is 14.0 Å². The van der Waals surface area contributed by atoms with Crippen molar-refractivity contribution in [2.75, 3.05) is 20.2 Å². The molecule has 1 unspecified atom stereocenters. The van der Waals surface area contributed by atoms with E-state index in [2.05, 4.69) is 5.32 Å². The summed E-state index contributed by atoms with van der Waals surface area (Å²) in [5, 5.41) is 11.9. The van der Waals surface area contributed by atoms with Gasteiger partial charge in [-0.15, -0.1) is 0 Å². The highest BCUT2D eigenvalue weighted by Crippen LogP contribution is 2.38. The summed E-state index contributed by atoms with van der Waals surface area (Å²) in [6.45, 7) is 0.740. The Morgan fingerprint density at radius 3 is 2.71 bits per heavy atom. The quantitative estimate of drug-likeness (QED) is 0.883. The Labute approximate surface area is 139 Å². The highest BCUT2D eigenvalue weighted by atomic mass is 19.1. The minimum Gasteiger partial charge on any atom is -0.494 e. The van der Waals surface area contributed by atoms with Crippen molar-refractivity contribution >= 4 is 12.0 Å². The average molecular weight is 336 g/mol. The van der Waals surface area contributed by atoms with E-state index in [0.29, 0.717) is 13.0 Å². The molecule has 1 aliphatic heterocycles. The van der Waals surface area contributed by atoms with Crippen LogP contribution in [-0.4, -0.2) is 48.2 Å². The van der Waals surface area contributed by atoms with Gasteiger partial charge in [0.15, 0.2) is 11.6 Å². The number of amides is 2.